The van der Waals surface area contributed by atoms with Gasteiger partial charge in [0, 0.05) is 19.6 Å². The van der Waals surface area contributed by atoms with Crippen LogP contribution in [-0.2, 0) is 11.3 Å². The third-order valence-electron chi connectivity index (χ3n) is 5.12. The van der Waals surface area contributed by atoms with Gasteiger partial charge in [0.15, 0.2) is 17.3 Å². The fraction of sp³-hybridized carbons (Fsp3) is 0.579. The van der Waals surface area contributed by atoms with E-state index >= 15 is 0 Å². The van der Waals surface area contributed by atoms with Gasteiger partial charge < -0.3 is 24.4 Å². The molecule has 0 bridgehead atoms. The molecule has 2 aromatic rings. The van der Waals surface area contributed by atoms with Crippen molar-refractivity contribution in [2.75, 3.05) is 32.8 Å². The Hall–Kier alpha value is -2.88. The van der Waals surface area contributed by atoms with Crippen LogP contribution in [0.15, 0.2) is 24.3 Å². The Labute approximate surface area is 169 Å². The second-order valence-electron chi connectivity index (χ2n) is 7.09. The summed E-state index contributed by atoms with van der Waals surface area (Å²) in [5.41, 5.74) is 0. The molecule has 156 valence electrons. The van der Waals surface area contributed by atoms with E-state index in [0.29, 0.717) is 39.4 Å². The number of nitrogens with one attached hydrogen (secondary N) is 1. The van der Waals surface area contributed by atoms with Crippen LogP contribution in [0.5, 0.6) is 11.5 Å². The number of carbonyl (C=O) groups is 1. The van der Waals surface area contributed by atoms with E-state index in [1.165, 1.54) is 0 Å². The molecule has 4 rings (SSSR count). The van der Waals surface area contributed by atoms with Gasteiger partial charge in [0.2, 0.25) is 0 Å². The van der Waals surface area contributed by atoms with E-state index in [1.54, 1.807) is 4.90 Å². The van der Waals surface area contributed by atoms with Gasteiger partial charge in [-0.2, -0.15) is 0 Å². The van der Waals surface area contributed by atoms with Crippen LogP contribution in [0.25, 0.3) is 0 Å². The third kappa shape index (κ3) is 4.58. The number of benzene rings is 1. The van der Waals surface area contributed by atoms with Crippen LogP contribution in [-0.4, -0.2) is 70.2 Å². The number of ether oxygens (including phenoxy) is 3. The summed E-state index contributed by atoms with van der Waals surface area (Å²) in [5.74, 6) is 2.32. The van der Waals surface area contributed by atoms with E-state index in [0.717, 1.165) is 30.2 Å². The molecule has 1 atom stereocenters. The fourth-order valence-corrected chi connectivity index (χ4v) is 3.63. The number of tetrazole rings is 1. The average molecular weight is 402 g/mol. The Morgan fingerprint density at radius 1 is 1.28 bits per heavy atom. The van der Waals surface area contributed by atoms with E-state index in [1.807, 2.05) is 35.9 Å². The summed E-state index contributed by atoms with van der Waals surface area (Å²) in [5, 5.41) is 15.5. The number of hydrogen-bond donors (Lipinski definition) is 1. The Morgan fingerprint density at radius 2 is 2.07 bits per heavy atom. The first-order chi connectivity index (χ1) is 14.2. The molecule has 0 saturated carbocycles. The van der Waals surface area contributed by atoms with Crippen molar-refractivity contribution in [2.45, 2.75) is 38.5 Å². The number of likely N-dealkylation sites (tertiary alicyclic amines) is 1. The number of piperidine rings is 1. The van der Waals surface area contributed by atoms with E-state index in [9.17, 15) is 4.79 Å². The van der Waals surface area contributed by atoms with Crippen LogP contribution >= 0.6 is 0 Å². The van der Waals surface area contributed by atoms with Crippen molar-refractivity contribution in [3.8, 4) is 11.5 Å². The molecule has 2 aliphatic heterocycles. The highest BCUT2D eigenvalue weighted by molar-refractivity contribution is 5.67. The number of nitrogens with zero attached hydrogens (tertiary/aromatic N) is 5. The van der Waals surface area contributed by atoms with Crippen LogP contribution < -0.4 is 14.8 Å². The standard InChI is InChI=1S/C19H26N6O4/c1-2-27-19(26)24-9-7-14(8-10-24)25-18(21-22-23-25)12-20-11-15-13-28-16-5-3-4-6-17(16)29-15/h3-6,14-15,20H,2,7-13H2,1H3. The summed E-state index contributed by atoms with van der Waals surface area (Å²) >= 11 is 0. The largest absolute Gasteiger partial charge is 0.486 e. The lowest BCUT2D eigenvalue weighted by molar-refractivity contribution is 0.0889. The molecule has 1 N–H and O–H groups in total. The van der Waals surface area contributed by atoms with Crippen molar-refractivity contribution >= 4 is 6.09 Å². The predicted octanol–water partition coefficient (Wildman–Crippen LogP) is 1.40. The lowest BCUT2D eigenvalue weighted by Crippen LogP contribution is -2.40. The van der Waals surface area contributed by atoms with Crippen LogP contribution in [0.2, 0.25) is 0 Å². The molecule has 1 amide bonds. The van der Waals surface area contributed by atoms with Gasteiger partial charge in [-0.3, -0.25) is 0 Å². The summed E-state index contributed by atoms with van der Waals surface area (Å²) in [6, 6.07) is 7.84. The lowest BCUT2D eigenvalue weighted by Gasteiger charge is -2.31. The molecule has 3 heterocycles. The van der Waals surface area contributed by atoms with Gasteiger partial charge in [0.25, 0.3) is 0 Å². The number of rotatable bonds is 6. The highest BCUT2D eigenvalue weighted by atomic mass is 16.6. The van der Waals surface area contributed by atoms with Crippen molar-refractivity contribution in [1.29, 1.82) is 0 Å². The minimum absolute atomic E-state index is 0.0675. The number of para-hydroxylation sites is 2. The molecule has 29 heavy (non-hydrogen) atoms. The number of fused-ring (bicyclic) bond motifs is 1. The smallest absolute Gasteiger partial charge is 0.409 e. The van der Waals surface area contributed by atoms with E-state index in [4.69, 9.17) is 14.2 Å². The molecule has 0 spiro atoms. The first kappa shape index (κ1) is 19.4. The van der Waals surface area contributed by atoms with E-state index in [-0.39, 0.29) is 18.2 Å². The fourth-order valence-electron chi connectivity index (χ4n) is 3.63. The maximum absolute atomic E-state index is 11.9. The highest BCUT2D eigenvalue weighted by Gasteiger charge is 2.27. The van der Waals surface area contributed by atoms with E-state index in [2.05, 4.69) is 20.8 Å². The Bertz CT molecular complexity index is 821. The first-order valence-electron chi connectivity index (χ1n) is 10.0. The number of hydrogen-bond acceptors (Lipinski definition) is 8. The Balaban J connectivity index is 1.26. The van der Waals surface area contributed by atoms with Crippen molar-refractivity contribution in [1.82, 2.24) is 30.4 Å². The van der Waals surface area contributed by atoms with Crippen molar-refractivity contribution < 1.29 is 19.0 Å². The second kappa shape index (κ2) is 9.08. The zero-order valence-corrected chi connectivity index (χ0v) is 16.5. The maximum atomic E-state index is 11.9. The van der Waals surface area contributed by atoms with Crippen LogP contribution in [0.4, 0.5) is 4.79 Å². The normalized spacial score (nSPS) is 19.2. The quantitative estimate of drug-likeness (QED) is 0.773. The van der Waals surface area contributed by atoms with Gasteiger partial charge in [0.05, 0.1) is 19.2 Å². The van der Waals surface area contributed by atoms with Crippen LogP contribution in [0.1, 0.15) is 31.6 Å². The molecule has 0 radical (unpaired) electrons. The van der Waals surface area contributed by atoms with Gasteiger partial charge in [-0.15, -0.1) is 5.10 Å². The monoisotopic (exact) mass is 402 g/mol. The summed E-state index contributed by atoms with van der Waals surface area (Å²) in [6.07, 6.45) is 1.28. The molecule has 2 aliphatic rings. The molecular weight excluding hydrogens is 376 g/mol. The zero-order valence-electron chi connectivity index (χ0n) is 16.5. The van der Waals surface area contributed by atoms with Gasteiger partial charge in [-0.05, 0) is 42.3 Å². The van der Waals surface area contributed by atoms with Gasteiger partial charge in [-0.1, -0.05) is 12.1 Å². The minimum atomic E-state index is -0.249. The number of amides is 1. The molecular formula is C19H26N6O4. The molecule has 1 aromatic carbocycles. The maximum Gasteiger partial charge on any atom is 0.409 e. The molecule has 0 aliphatic carbocycles. The van der Waals surface area contributed by atoms with Crippen molar-refractivity contribution in [3.05, 3.63) is 30.1 Å². The van der Waals surface area contributed by atoms with E-state index < -0.39 is 0 Å². The summed E-state index contributed by atoms with van der Waals surface area (Å²) in [4.78, 5) is 13.6. The SMILES string of the molecule is CCOC(=O)N1CCC(n2nnnc2CNCC2COc3ccccc3O2)CC1. The Kier molecular flexibility index (Phi) is 6.09. The predicted molar refractivity (Wildman–Crippen MR) is 103 cm³/mol. The van der Waals surface area contributed by atoms with Crippen molar-refractivity contribution in [3.63, 3.8) is 0 Å². The lowest BCUT2D eigenvalue weighted by atomic mass is 10.1. The topological polar surface area (TPSA) is 104 Å². The van der Waals surface area contributed by atoms with Gasteiger partial charge >= 0.3 is 6.09 Å². The molecule has 10 nitrogen and oxygen atoms in total. The number of carbonyl (C=O) groups excluding carboxylic acids is 1. The molecule has 10 heteroatoms. The average Bonchev–Trinajstić information content (AvgIpc) is 3.22. The summed E-state index contributed by atoms with van der Waals surface area (Å²) < 4.78 is 18.6. The van der Waals surface area contributed by atoms with Crippen molar-refractivity contribution in [2.24, 2.45) is 0 Å². The van der Waals surface area contributed by atoms with Gasteiger partial charge in [-0.25, -0.2) is 9.48 Å². The summed E-state index contributed by atoms with van der Waals surface area (Å²) in [7, 11) is 0. The zero-order chi connectivity index (χ0) is 20.1. The Morgan fingerprint density at radius 3 is 2.86 bits per heavy atom. The highest BCUT2D eigenvalue weighted by Crippen LogP contribution is 2.30. The second-order valence-corrected chi connectivity index (χ2v) is 7.09. The van der Waals surface area contributed by atoms with Crippen LogP contribution in [0.3, 0.4) is 0 Å². The first-order valence-corrected chi connectivity index (χ1v) is 10.0. The number of aromatic nitrogens is 4. The third-order valence-corrected chi connectivity index (χ3v) is 5.12. The molecule has 1 fully saturated rings. The van der Waals surface area contributed by atoms with Crippen LogP contribution in [0, 0.1) is 0 Å². The molecule has 1 saturated heterocycles. The molecule has 1 unspecified atom stereocenters. The summed E-state index contributed by atoms with van der Waals surface area (Å²) in [6.45, 7) is 5.15. The molecule has 1 aromatic heterocycles. The minimum Gasteiger partial charge on any atom is -0.486 e. The van der Waals surface area contributed by atoms with Gasteiger partial charge in [0.1, 0.15) is 12.7 Å².